The number of hydrogen-bond donors (Lipinski definition) is 2. The van der Waals surface area contributed by atoms with Gasteiger partial charge in [0, 0.05) is 76.1 Å². The summed E-state index contributed by atoms with van der Waals surface area (Å²) in [6.07, 6.45) is 4.47. The summed E-state index contributed by atoms with van der Waals surface area (Å²) in [6, 6.07) is 8.43. The van der Waals surface area contributed by atoms with Gasteiger partial charge in [0.2, 0.25) is 11.8 Å². The minimum atomic E-state index is -0.728. The van der Waals surface area contributed by atoms with Gasteiger partial charge in [-0.2, -0.15) is 0 Å². The number of nitro benzene ring substituents is 2. The summed E-state index contributed by atoms with van der Waals surface area (Å²) in [6.45, 7) is 3.34. The summed E-state index contributed by atoms with van der Waals surface area (Å²) < 4.78 is 9.98. The molecule has 2 aliphatic rings. The van der Waals surface area contributed by atoms with Gasteiger partial charge in [-0.05, 0) is 48.3 Å². The van der Waals surface area contributed by atoms with Crippen LogP contribution >= 0.6 is 11.8 Å². The van der Waals surface area contributed by atoms with E-state index in [4.69, 9.17) is 9.47 Å². The van der Waals surface area contributed by atoms with Crippen LogP contribution < -0.4 is 0 Å². The van der Waals surface area contributed by atoms with Crippen molar-refractivity contribution in [1.29, 1.82) is 0 Å². The van der Waals surface area contributed by atoms with Crippen LogP contribution in [0.15, 0.2) is 58.3 Å². The average Bonchev–Trinajstić information content (AvgIpc) is 3.09. The van der Waals surface area contributed by atoms with Gasteiger partial charge in [0.1, 0.15) is 0 Å². The van der Waals surface area contributed by atoms with E-state index in [1.165, 1.54) is 84.3 Å². The summed E-state index contributed by atoms with van der Waals surface area (Å²) in [5, 5.41) is 44.4. The van der Waals surface area contributed by atoms with E-state index in [-0.39, 0.29) is 72.4 Å². The molecule has 2 fully saturated rings. The van der Waals surface area contributed by atoms with Gasteiger partial charge in [0.05, 0.1) is 45.1 Å². The molecule has 2 amide bonds. The first-order valence-electron chi connectivity index (χ1n) is 16.0. The standard InChI is InChI=1S/C34H38N4O12S/c1-21(39)49-19-25-17-35(13-11-29(25)41)33(43)9-5-23-3-7-31(27(15-23)37(45)46)51-32-8-4-24(16-28(32)38(47)48)6-10-34(44)36-14-12-30(42)26(18-36)20-50-22(2)40/h3-10,15-16,25-26,29-30,41-42H,11-14,17-20H2,1-2H3/b9-5+,10-6+. The minimum Gasteiger partial charge on any atom is -0.465 e. The average molecular weight is 727 g/mol. The number of esters is 2. The Hall–Kier alpha value is -5.13. The topological polar surface area (TPSA) is 220 Å². The number of benzene rings is 2. The second-order valence-electron chi connectivity index (χ2n) is 12.1. The normalized spacial score (nSPS) is 20.7. The Morgan fingerprint density at radius 2 is 1.16 bits per heavy atom. The molecule has 0 radical (unpaired) electrons. The molecule has 4 rings (SSSR count). The van der Waals surface area contributed by atoms with Gasteiger partial charge in [-0.1, -0.05) is 23.9 Å². The Bertz CT molecular complexity index is 1610. The van der Waals surface area contributed by atoms with Gasteiger partial charge < -0.3 is 29.5 Å². The van der Waals surface area contributed by atoms with Gasteiger partial charge in [0.15, 0.2) is 0 Å². The number of hydrogen-bond acceptors (Lipinski definition) is 13. The highest BCUT2D eigenvalue weighted by Gasteiger charge is 2.31. The first kappa shape index (κ1) is 38.7. The molecule has 4 unspecified atom stereocenters. The molecule has 51 heavy (non-hydrogen) atoms. The van der Waals surface area contributed by atoms with Crippen LogP contribution in [0.2, 0.25) is 0 Å². The summed E-state index contributed by atoms with van der Waals surface area (Å²) in [5.74, 6) is -2.66. The Balaban J connectivity index is 1.44. The molecule has 0 aromatic heterocycles. The van der Waals surface area contributed by atoms with E-state index < -0.39 is 45.8 Å². The number of piperidine rings is 2. The molecule has 0 aliphatic carbocycles. The summed E-state index contributed by atoms with van der Waals surface area (Å²) >= 11 is 0.822. The van der Waals surface area contributed by atoms with Gasteiger partial charge >= 0.3 is 11.9 Å². The monoisotopic (exact) mass is 726 g/mol. The highest BCUT2D eigenvalue weighted by molar-refractivity contribution is 7.99. The molecular weight excluding hydrogens is 688 g/mol. The van der Waals surface area contributed by atoms with E-state index in [0.717, 1.165) is 11.8 Å². The highest BCUT2D eigenvalue weighted by atomic mass is 32.2. The highest BCUT2D eigenvalue weighted by Crippen LogP contribution is 2.40. The molecule has 2 N–H and O–H groups in total. The molecule has 0 saturated carbocycles. The SMILES string of the molecule is CC(=O)OCC1CN(C(=O)/C=C/c2ccc(Sc3ccc(/C=C/C(=O)N4CCC(O)C(COC(C)=O)C4)cc3[N+](=O)[O-])c([N+](=O)[O-])c2)CCC1O. The fourth-order valence-electron chi connectivity index (χ4n) is 5.61. The molecule has 2 aliphatic heterocycles. The molecule has 0 spiro atoms. The number of carbonyl (C=O) groups excluding carboxylic acids is 4. The molecule has 272 valence electrons. The second-order valence-corrected chi connectivity index (χ2v) is 13.2. The maximum Gasteiger partial charge on any atom is 0.302 e. The largest absolute Gasteiger partial charge is 0.465 e. The lowest BCUT2D eigenvalue weighted by atomic mass is 9.95. The lowest BCUT2D eigenvalue weighted by molar-refractivity contribution is -0.388. The van der Waals surface area contributed by atoms with Crippen LogP contribution in [0.1, 0.15) is 37.8 Å². The van der Waals surface area contributed by atoms with Gasteiger partial charge in [0.25, 0.3) is 11.4 Å². The summed E-state index contributed by atoms with van der Waals surface area (Å²) in [5.41, 5.74) is 0.0151. The van der Waals surface area contributed by atoms with Crippen LogP contribution in [0.5, 0.6) is 0 Å². The zero-order chi connectivity index (χ0) is 37.2. The molecule has 4 atom stereocenters. The van der Waals surface area contributed by atoms with E-state index in [0.29, 0.717) is 24.0 Å². The van der Waals surface area contributed by atoms with Crippen LogP contribution in [-0.4, -0.2) is 105 Å². The van der Waals surface area contributed by atoms with Crippen molar-refractivity contribution < 1.29 is 48.7 Å². The lowest BCUT2D eigenvalue weighted by Crippen LogP contribution is -2.47. The van der Waals surface area contributed by atoms with Crippen molar-refractivity contribution in [3.8, 4) is 0 Å². The molecule has 0 bridgehead atoms. The second kappa shape index (κ2) is 17.7. The van der Waals surface area contributed by atoms with Gasteiger partial charge in [-0.15, -0.1) is 0 Å². The fourth-order valence-corrected chi connectivity index (χ4v) is 6.60. The van der Waals surface area contributed by atoms with E-state index >= 15 is 0 Å². The van der Waals surface area contributed by atoms with Crippen LogP contribution in [-0.2, 0) is 28.7 Å². The number of aliphatic hydroxyl groups is 2. The van der Waals surface area contributed by atoms with Crippen molar-refractivity contribution in [1.82, 2.24) is 9.80 Å². The van der Waals surface area contributed by atoms with E-state index in [2.05, 4.69) is 0 Å². The van der Waals surface area contributed by atoms with Crippen LogP contribution in [0.25, 0.3) is 12.2 Å². The Kier molecular flexibility index (Phi) is 13.4. The molecular formula is C34H38N4O12S. The van der Waals surface area contributed by atoms with Crippen molar-refractivity contribution in [2.45, 2.75) is 48.7 Å². The zero-order valence-corrected chi connectivity index (χ0v) is 28.7. The molecule has 16 nitrogen and oxygen atoms in total. The predicted octanol–water partition coefficient (Wildman–Crippen LogP) is 3.23. The van der Waals surface area contributed by atoms with Gasteiger partial charge in [-0.3, -0.25) is 39.4 Å². The number of nitro groups is 2. The lowest BCUT2D eigenvalue weighted by Gasteiger charge is -2.35. The number of nitrogens with zero attached hydrogens (tertiary/aromatic N) is 4. The quantitative estimate of drug-likeness (QED) is 0.139. The molecule has 2 aromatic carbocycles. The number of likely N-dealkylation sites (tertiary alicyclic amines) is 2. The van der Waals surface area contributed by atoms with E-state index in [1.807, 2.05) is 0 Å². The Morgan fingerprint density at radius 3 is 1.51 bits per heavy atom. The summed E-state index contributed by atoms with van der Waals surface area (Å²) in [4.78, 5) is 74.0. The first-order chi connectivity index (χ1) is 24.2. The van der Waals surface area contributed by atoms with Crippen LogP contribution in [0.3, 0.4) is 0 Å². The maximum atomic E-state index is 12.8. The van der Waals surface area contributed by atoms with Gasteiger partial charge in [-0.25, -0.2) is 0 Å². The minimum absolute atomic E-state index is 0.0284. The fraction of sp³-hybridized carbons (Fsp3) is 0.412. The zero-order valence-electron chi connectivity index (χ0n) is 27.9. The molecule has 17 heteroatoms. The van der Waals surface area contributed by atoms with Crippen molar-refractivity contribution in [2.75, 3.05) is 39.4 Å². The number of ether oxygens (including phenoxy) is 2. The Labute approximate surface area is 297 Å². The smallest absolute Gasteiger partial charge is 0.302 e. The van der Waals surface area contributed by atoms with E-state index in [9.17, 15) is 49.6 Å². The van der Waals surface area contributed by atoms with Crippen molar-refractivity contribution in [3.63, 3.8) is 0 Å². The van der Waals surface area contributed by atoms with Crippen molar-refractivity contribution in [3.05, 3.63) is 79.9 Å². The van der Waals surface area contributed by atoms with Crippen molar-refractivity contribution in [2.24, 2.45) is 11.8 Å². The number of carbonyl (C=O) groups is 4. The molecule has 2 saturated heterocycles. The van der Waals surface area contributed by atoms with Crippen LogP contribution in [0.4, 0.5) is 11.4 Å². The third-order valence-electron chi connectivity index (χ3n) is 8.43. The number of amides is 2. The molecule has 2 aromatic rings. The third kappa shape index (κ3) is 10.9. The number of aliphatic hydroxyl groups excluding tert-OH is 2. The van der Waals surface area contributed by atoms with Crippen LogP contribution in [0, 0.1) is 32.1 Å². The summed E-state index contributed by atoms with van der Waals surface area (Å²) in [7, 11) is 0. The predicted molar refractivity (Wildman–Crippen MR) is 183 cm³/mol. The first-order valence-corrected chi connectivity index (χ1v) is 16.8. The molecule has 2 heterocycles. The Morgan fingerprint density at radius 1 is 0.765 bits per heavy atom. The van der Waals surface area contributed by atoms with Crippen molar-refractivity contribution >= 4 is 59.0 Å². The van der Waals surface area contributed by atoms with E-state index in [1.54, 1.807) is 0 Å². The third-order valence-corrected chi connectivity index (χ3v) is 9.56. The number of rotatable bonds is 12. The maximum absolute atomic E-state index is 12.8.